The number of hydrogen-bond donors (Lipinski definition) is 2. The number of hydrogen-bond acceptors (Lipinski definition) is 4. The molecule has 1 aromatic heterocycles. The number of aromatic nitrogens is 1. The van der Waals surface area contributed by atoms with Gasteiger partial charge in [0.2, 0.25) is 5.69 Å². The van der Waals surface area contributed by atoms with Crippen molar-refractivity contribution in [1.29, 1.82) is 0 Å². The Bertz CT molecular complexity index is 511. The van der Waals surface area contributed by atoms with Crippen molar-refractivity contribution < 1.29 is 18.5 Å². The van der Waals surface area contributed by atoms with Gasteiger partial charge in [-0.2, -0.15) is 0 Å². The van der Waals surface area contributed by atoms with Gasteiger partial charge in [-0.25, -0.2) is 13.8 Å². The molecule has 7 nitrogen and oxygen atoms in total. The van der Waals surface area contributed by atoms with Gasteiger partial charge in [0.25, 0.3) is 12.3 Å². The van der Waals surface area contributed by atoms with E-state index in [1.165, 1.54) is 0 Å². The molecule has 0 unspecified atom stereocenters. The molecule has 0 radical (unpaired) electrons. The third kappa shape index (κ3) is 2.02. The number of nitrogens with zero attached hydrogens (tertiary/aromatic N) is 1. The topological polar surface area (TPSA) is 119 Å². The minimum atomic E-state index is -3.24. The first-order chi connectivity index (χ1) is 7.34. The van der Waals surface area contributed by atoms with Gasteiger partial charge in [0.1, 0.15) is 5.56 Å². The van der Waals surface area contributed by atoms with Gasteiger partial charge in [-0.1, -0.05) is 0 Å². The second-order valence-corrected chi connectivity index (χ2v) is 2.73. The molecule has 16 heavy (non-hydrogen) atoms. The first-order valence-corrected chi connectivity index (χ1v) is 3.84. The Kier molecular flexibility index (Phi) is 2.97. The first kappa shape index (κ1) is 11.8. The summed E-state index contributed by atoms with van der Waals surface area (Å²) >= 11 is 0. The van der Waals surface area contributed by atoms with Crippen LogP contribution < -0.4 is 11.2 Å². The summed E-state index contributed by atoms with van der Waals surface area (Å²) in [7, 11) is 0. The maximum absolute atomic E-state index is 12.4. The minimum Gasteiger partial charge on any atom is -0.362 e. The lowest BCUT2D eigenvalue weighted by Gasteiger charge is -2.02. The number of aromatic amines is 1. The van der Waals surface area contributed by atoms with Crippen molar-refractivity contribution in [1.82, 2.24) is 4.98 Å². The molecule has 0 bridgehead atoms. The van der Waals surface area contributed by atoms with Crippen LogP contribution in [0.3, 0.4) is 0 Å². The van der Waals surface area contributed by atoms with E-state index in [1.807, 2.05) is 0 Å². The highest BCUT2D eigenvalue weighted by molar-refractivity contribution is 5.92. The number of H-pyrrole nitrogens is 1. The van der Waals surface area contributed by atoms with Crippen molar-refractivity contribution >= 4 is 11.7 Å². The van der Waals surface area contributed by atoms with Crippen molar-refractivity contribution in [3.8, 4) is 0 Å². The molecule has 0 aromatic carbocycles. The van der Waals surface area contributed by atoms with Gasteiger partial charge in [-0.3, -0.25) is 9.59 Å². The molecule has 3 N–H and O–H groups in total. The maximum Gasteiger partial charge on any atom is 0.325 e. The van der Waals surface area contributed by atoms with Crippen molar-refractivity contribution in [2.75, 3.05) is 0 Å². The van der Waals surface area contributed by atoms with Gasteiger partial charge < -0.3 is 15.8 Å². The van der Waals surface area contributed by atoms with Crippen molar-refractivity contribution in [2.45, 2.75) is 6.43 Å². The first-order valence-electron chi connectivity index (χ1n) is 3.84. The molecule has 1 amide bonds. The fourth-order valence-corrected chi connectivity index (χ4v) is 1.07. The second-order valence-electron chi connectivity index (χ2n) is 2.73. The van der Waals surface area contributed by atoms with E-state index in [4.69, 9.17) is 5.73 Å². The third-order valence-corrected chi connectivity index (χ3v) is 1.72. The molecule has 1 rings (SSSR count). The summed E-state index contributed by atoms with van der Waals surface area (Å²) in [5, 5.41) is 10.3. The summed E-state index contributed by atoms with van der Waals surface area (Å²) in [5.74, 6) is -2.24. The molecule has 1 aromatic rings. The Hall–Kier alpha value is -2.32. The molecular weight excluding hydrogens is 228 g/mol. The third-order valence-electron chi connectivity index (χ3n) is 1.72. The lowest BCUT2D eigenvalue weighted by molar-refractivity contribution is -0.389. The SMILES string of the molecule is NC(=O)c1[nH]c([N+](=O)[O-])cc(=O)c1C(F)F. The van der Waals surface area contributed by atoms with Crippen LogP contribution in [-0.2, 0) is 0 Å². The number of nitrogens with two attached hydrogens (primary N) is 1. The number of carbonyl (C=O) groups excluding carboxylic acids is 1. The molecule has 0 aliphatic carbocycles. The zero-order valence-electron chi connectivity index (χ0n) is 7.57. The number of rotatable bonds is 3. The Morgan fingerprint density at radius 1 is 1.56 bits per heavy atom. The van der Waals surface area contributed by atoms with E-state index < -0.39 is 39.8 Å². The lowest BCUT2D eigenvalue weighted by atomic mass is 10.2. The summed E-state index contributed by atoms with van der Waals surface area (Å²) in [4.78, 5) is 32.9. The van der Waals surface area contributed by atoms with Crippen molar-refractivity contribution in [2.24, 2.45) is 5.73 Å². The zero-order chi connectivity index (χ0) is 12.5. The number of halogens is 2. The zero-order valence-corrected chi connectivity index (χ0v) is 7.57. The van der Waals surface area contributed by atoms with E-state index >= 15 is 0 Å². The van der Waals surface area contributed by atoms with E-state index in [0.717, 1.165) is 0 Å². The maximum atomic E-state index is 12.4. The van der Waals surface area contributed by atoms with Gasteiger partial charge in [-0.05, 0) is 4.92 Å². The minimum absolute atomic E-state index is 0.369. The van der Waals surface area contributed by atoms with E-state index in [1.54, 1.807) is 4.98 Å². The molecule has 9 heteroatoms. The van der Waals surface area contributed by atoms with Gasteiger partial charge in [0, 0.05) is 0 Å². The van der Waals surface area contributed by atoms with E-state index in [0.29, 0.717) is 6.07 Å². The number of alkyl halides is 2. The number of primary amides is 1. The predicted molar refractivity (Wildman–Crippen MR) is 47.2 cm³/mol. The highest BCUT2D eigenvalue weighted by Gasteiger charge is 2.26. The Morgan fingerprint density at radius 3 is 2.50 bits per heavy atom. The van der Waals surface area contributed by atoms with Crippen LogP contribution in [0.15, 0.2) is 10.9 Å². The van der Waals surface area contributed by atoms with E-state index in [-0.39, 0.29) is 0 Å². The quantitative estimate of drug-likeness (QED) is 0.576. The lowest BCUT2D eigenvalue weighted by Crippen LogP contribution is -2.23. The van der Waals surface area contributed by atoms with Gasteiger partial charge in [0.15, 0.2) is 5.43 Å². The summed E-state index contributed by atoms with van der Waals surface area (Å²) in [6, 6.07) is 0.369. The molecule has 0 aliphatic heterocycles. The predicted octanol–water partition coefficient (Wildman–Crippen LogP) is 0.320. The summed E-state index contributed by atoms with van der Waals surface area (Å²) in [5.41, 5.74) is 1.30. The fourth-order valence-electron chi connectivity index (χ4n) is 1.07. The van der Waals surface area contributed by atoms with E-state index in [9.17, 15) is 28.5 Å². The Labute approximate surface area is 86.0 Å². The van der Waals surface area contributed by atoms with Crippen LogP contribution in [0, 0.1) is 10.1 Å². The highest BCUT2D eigenvalue weighted by atomic mass is 19.3. The monoisotopic (exact) mass is 233 g/mol. The van der Waals surface area contributed by atoms with Crippen molar-refractivity contribution in [3.05, 3.63) is 37.7 Å². The van der Waals surface area contributed by atoms with Gasteiger partial charge >= 0.3 is 5.82 Å². The highest BCUT2D eigenvalue weighted by Crippen LogP contribution is 2.19. The standard InChI is InChI=1S/C7H5F2N3O4/c8-6(9)4-2(13)1-3(12(15)16)11-5(4)7(10)14/h1,6H,(H2,10,14)(H,11,13). The molecule has 1 heterocycles. The average molecular weight is 233 g/mol. The normalized spacial score (nSPS) is 10.4. The molecular formula is C7H5F2N3O4. The molecule has 0 spiro atoms. The summed E-state index contributed by atoms with van der Waals surface area (Å²) in [6.45, 7) is 0. The van der Waals surface area contributed by atoms with E-state index in [2.05, 4.69) is 0 Å². The summed E-state index contributed by atoms with van der Waals surface area (Å²) in [6.07, 6.45) is -3.24. The van der Waals surface area contributed by atoms with Crippen molar-refractivity contribution in [3.63, 3.8) is 0 Å². The van der Waals surface area contributed by atoms with Crippen LogP contribution in [0.25, 0.3) is 0 Å². The molecule has 0 saturated carbocycles. The average Bonchev–Trinajstić information content (AvgIpc) is 2.15. The number of amides is 1. The largest absolute Gasteiger partial charge is 0.362 e. The Balaban J connectivity index is 3.59. The molecule has 0 saturated heterocycles. The van der Waals surface area contributed by atoms with Gasteiger partial charge in [0.05, 0.1) is 6.07 Å². The van der Waals surface area contributed by atoms with Crippen LogP contribution in [0.2, 0.25) is 0 Å². The van der Waals surface area contributed by atoms with Crippen LogP contribution in [-0.4, -0.2) is 15.8 Å². The van der Waals surface area contributed by atoms with Crippen LogP contribution >= 0.6 is 0 Å². The summed E-state index contributed by atoms with van der Waals surface area (Å²) < 4.78 is 24.8. The van der Waals surface area contributed by atoms with Crippen LogP contribution in [0.1, 0.15) is 22.5 Å². The number of carbonyl (C=O) groups is 1. The van der Waals surface area contributed by atoms with Crippen LogP contribution in [0.4, 0.5) is 14.6 Å². The fraction of sp³-hybridized carbons (Fsp3) is 0.143. The van der Waals surface area contributed by atoms with Gasteiger partial charge in [-0.15, -0.1) is 0 Å². The Morgan fingerprint density at radius 2 is 2.12 bits per heavy atom. The number of pyridine rings is 1. The molecule has 86 valence electrons. The smallest absolute Gasteiger partial charge is 0.325 e. The molecule has 0 fully saturated rings. The van der Waals surface area contributed by atoms with Crippen LogP contribution in [0.5, 0.6) is 0 Å². The molecule has 0 atom stereocenters. The number of nitrogens with one attached hydrogen (secondary N) is 1. The second kappa shape index (κ2) is 4.04. The molecule has 0 aliphatic rings. The number of nitro groups is 1.